The number of hydrogen-bond donors (Lipinski definition) is 1. The predicted octanol–water partition coefficient (Wildman–Crippen LogP) is 2.84. The Bertz CT molecular complexity index is 1010. The van der Waals surface area contributed by atoms with E-state index in [1.807, 2.05) is 30.3 Å². The van der Waals surface area contributed by atoms with Crippen molar-refractivity contribution in [3.8, 4) is 22.8 Å². The van der Waals surface area contributed by atoms with E-state index in [0.717, 1.165) is 54.5 Å². The number of pyridine rings is 1. The summed E-state index contributed by atoms with van der Waals surface area (Å²) in [6, 6.07) is 11.1. The Kier molecular flexibility index (Phi) is 5.57. The highest BCUT2D eigenvalue weighted by Crippen LogP contribution is 2.33. The van der Waals surface area contributed by atoms with Gasteiger partial charge in [0, 0.05) is 43.0 Å². The molecule has 0 saturated carbocycles. The van der Waals surface area contributed by atoms with Crippen LogP contribution < -0.4 is 15.0 Å². The third-order valence-corrected chi connectivity index (χ3v) is 5.31. The first-order chi connectivity index (χ1) is 14.2. The van der Waals surface area contributed by atoms with Crippen molar-refractivity contribution in [1.29, 1.82) is 0 Å². The third kappa shape index (κ3) is 4.14. The highest BCUT2D eigenvalue weighted by Gasteiger charge is 2.27. The molecule has 29 heavy (non-hydrogen) atoms. The first-order valence-corrected chi connectivity index (χ1v) is 9.62. The average molecular weight is 392 g/mol. The van der Waals surface area contributed by atoms with E-state index in [1.165, 1.54) is 6.07 Å². The smallest absolute Gasteiger partial charge is 0.251 e. The first kappa shape index (κ1) is 19.1. The molecule has 0 unspecified atom stereocenters. The topological polar surface area (TPSA) is 80.3 Å². The lowest BCUT2D eigenvalue weighted by atomic mass is 10.1. The highest BCUT2D eigenvalue weighted by molar-refractivity contribution is 5.57. The van der Waals surface area contributed by atoms with E-state index in [0.29, 0.717) is 5.69 Å². The van der Waals surface area contributed by atoms with Gasteiger partial charge in [-0.15, -0.1) is 0 Å². The molecule has 1 aromatic carbocycles. The van der Waals surface area contributed by atoms with Crippen molar-refractivity contribution in [1.82, 2.24) is 19.9 Å². The first-order valence-electron chi connectivity index (χ1n) is 9.62. The molecule has 0 radical (unpaired) electrons. The second-order valence-electron chi connectivity index (χ2n) is 7.11. The Balaban J connectivity index is 1.54. The zero-order chi connectivity index (χ0) is 20.2. The van der Waals surface area contributed by atoms with Gasteiger partial charge in [-0.2, -0.15) is 0 Å². The monoisotopic (exact) mass is 392 g/mol. The lowest BCUT2D eigenvalue weighted by molar-refractivity contribution is 0.305. The van der Waals surface area contributed by atoms with Crippen molar-refractivity contribution < 1.29 is 9.47 Å². The number of likely N-dealkylation sites (tertiary alicyclic amines) is 1. The fourth-order valence-electron chi connectivity index (χ4n) is 3.85. The van der Waals surface area contributed by atoms with E-state index < -0.39 is 0 Å². The van der Waals surface area contributed by atoms with Crippen molar-refractivity contribution in [3.63, 3.8) is 0 Å². The summed E-state index contributed by atoms with van der Waals surface area (Å²) in [5.74, 6) is 2.54. The van der Waals surface area contributed by atoms with E-state index in [1.54, 1.807) is 26.6 Å². The molecule has 1 aliphatic heterocycles. The summed E-state index contributed by atoms with van der Waals surface area (Å²) in [6.45, 7) is 2.44. The van der Waals surface area contributed by atoms with E-state index in [4.69, 9.17) is 14.5 Å². The van der Waals surface area contributed by atoms with Crippen molar-refractivity contribution in [3.05, 3.63) is 70.5 Å². The Morgan fingerprint density at radius 2 is 1.86 bits per heavy atom. The molecular formula is C22H24N4O3. The number of aromatic nitrogens is 3. The number of hydrogen-bond acceptors (Lipinski definition) is 6. The van der Waals surface area contributed by atoms with Gasteiger partial charge in [0.15, 0.2) is 0 Å². The van der Waals surface area contributed by atoms with Crippen LogP contribution in [0.4, 0.5) is 0 Å². The minimum atomic E-state index is -0.133. The van der Waals surface area contributed by atoms with Gasteiger partial charge in [-0.05, 0) is 37.2 Å². The van der Waals surface area contributed by atoms with Crippen LogP contribution in [0.25, 0.3) is 11.3 Å². The number of aromatic amines is 1. The molecule has 4 rings (SSSR count). The number of ether oxygens (including phenoxy) is 2. The number of H-pyrrole nitrogens is 1. The Morgan fingerprint density at radius 3 is 2.55 bits per heavy atom. The van der Waals surface area contributed by atoms with Gasteiger partial charge in [0.25, 0.3) is 5.56 Å². The number of nitrogens with zero attached hydrogens (tertiary/aromatic N) is 3. The van der Waals surface area contributed by atoms with Crippen LogP contribution in [0.5, 0.6) is 11.5 Å². The van der Waals surface area contributed by atoms with E-state index in [-0.39, 0.29) is 11.5 Å². The number of methoxy groups -OCH3 is 2. The molecule has 0 amide bonds. The standard InChI is InChI=1S/C22H24N4O3/c1-28-19-4-3-5-20(29-2)17(19)14-26-11-8-16(13-26)22-24-18(12-21(27)25-22)15-6-9-23-10-7-15/h3-7,9-10,12,16H,8,11,13-14H2,1-2H3,(H,24,25,27)/t16-/m1/s1. The third-order valence-electron chi connectivity index (χ3n) is 5.31. The quantitative estimate of drug-likeness (QED) is 0.695. The molecule has 3 heterocycles. The Labute approximate surface area is 169 Å². The van der Waals surface area contributed by atoms with Gasteiger partial charge >= 0.3 is 0 Å². The van der Waals surface area contributed by atoms with E-state index in [2.05, 4.69) is 14.9 Å². The normalized spacial score (nSPS) is 16.7. The van der Waals surface area contributed by atoms with E-state index >= 15 is 0 Å². The number of nitrogens with one attached hydrogen (secondary N) is 1. The summed E-state index contributed by atoms with van der Waals surface area (Å²) in [7, 11) is 3.34. The zero-order valence-corrected chi connectivity index (χ0v) is 16.6. The van der Waals surface area contributed by atoms with Crippen LogP contribution in [0.3, 0.4) is 0 Å². The minimum absolute atomic E-state index is 0.133. The van der Waals surface area contributed by atoms with Gasteiger partial charge in [0.2, 0.25) is 0 Å². The molecule has 3 aromatic rings. The fraction of sp³-hybridized carbons (Fsp3) is 0.318. The van der Waals surface area contributed by atoms with Crippen molar-refractivity contribution in [2.45, 2.75) is 18.9 Å². The van der Waals surface area contributed by atoms with Crippen molar-refractivity contribution >= 4 is 0 Å². The summed E-state index contributed by atoms with van der Waals surface area (Å²) in [6.07, 6.45) is 4.34. The maximum absolute atomic E-state index is 12.2. The molecule has 150 valence electrons. The Hall–Kier alpha value is -3.19. The molecular weight excluding hydrogens is 368 g/mol. The van der Waals surface area contributed by atoms with E-state index in [9.17, 15) is 4.79 Å². The van der Waals surface area contributed by atoms with Gasteiger partial charge < -0.3 is 14.5 Å². The van der Waals surface area contributed by atoms with Gasteiger partial charge in [-0.1, -0.05) is 6.07 Å². The van der Waals surface area contributed by atoms with Crippen LogP contribution in [0.1, 0.15) is 23.7 Å². The van der Waals surface area contributed by atoms with Crippen LogP contribution in [-0.2, 0) is 6.54 Å². The molecule has 1 N–H and O–H groups in total. The molecule has 1 saturated heterocycles. The van der Waals surface area contributed by atoms with Crippen molar-refractivity contribution in [2.24, 2.45) is 0 Å². The molecule has 1 aliphatic rings. The second kappa shape index (κ2) is 8.45. The summed E-state index contributed by atoms with van der Waals surface area (Å²) in [4.78, 5) is 26.3. The van der Waals surface area contributed by atoms with Gasteiger partial charge in [-0.3, -0.25) is 14.7 Å². The molecule has 2 aromatic heterocycles. The summed E-state index contributed by atoms with van der Waals surface area (Å²) in [5, 5.41) is 0. The molecule has 0 spiro atoms. The van der Waals surface area contributed by atoms with Crippen LogP contribution in [0.15, 0.2) is 53.6 Å². The number of rotatable bonds is 6. The maximum Gasteiger partial charge on any atom is 0.251 e. The van der Waals surface area contributed by atoms with Crippen LogP contribution in [0, 0.1) is 0 Å². The Morgan fingerprint density at radius 1 is 1.14 bits per heavy atom. The zero-order valence-electron chi connectivity index (χ0n) is 16.6. The second-order valence-corrected chi connectivity index (χ2v) is 7.11. The lowest BCUT2D eigenvalue weighted by Crippen LogP contribution is -2.22. The average Bonchev–Trinajstić information content (AvgIpc) is 3.23. The fourth-order valence-corrected chi connectivity index (χ4v) is 3.85. The number of benzene rings is 1. The lowest BCUT2D eigenvalue weighted by Gasteiger charge is -2.20. The van der Waals surface area contributed by atoms with Gasteiger partial charge in [0.1, 0.15) is 17.3 Å². The van der Waals surface area contributed by atoms with Crippen LogP contribution in [-0.4, -0.2) is 47.2 Å². The maximum atomic E-state index is 12.2. The molecule has 7 heteroatoms. The largest absolute Gasteiger partial charge is 0.496 e. The molecule has 7 nitrogen and oxygen atoms in total. The van der Waals surface area contributed by atoms with Crippen LogP contribution >= 0.6 is 0 Å². The predicted molar refractivity (Wildman–Crippen MR) is 110 cm³/mol. The molecule has 1 atom stereocenters. The van der Waals surface area contributed by atoms with Crippen molar-refractivity contribution in [2.75, 3.05) is 27.3 Å². The summed E-state index contributed by atoms with van der Waals surface area (Å²) in [5.41, 5.74) is 2.47. The SMILES string of the molecule is COc1cccc(OC)c1CN1CC[C@@H](c2nc(-c3ccncc3)cc(=O)[nH]2)C1. The summed E-state index contributed by atoms with van der Waals surface area (Å²) < 4.78 is 11.0. The molecule has 0 bridgehead atoms. The van der Waals surface area contributed by atoms with Gasteiger partial charge in [-0.25, -0.2) is 4.98 Å². The molecule has 0 aliphatic carbocycles. The minimum Gasteiger partial charge on any atom is -0.496 e. The molecule has 1 fully saturated rings. The van der Waals surface area contributed by atoms with Crippen LogP contribution in [0.2, 0.25) is 0 Å². The summed E-state index contributed by atoms with van der Waals surface area (Å²) >= 11 is 0. The van der Waals surface area contributed by atoms with Gasteiger partial charge in [0.05, 0.1) is 25.5 Å². The highest BCUT2D eigenvalue weighted by atomic mass is 16.5.